The van der Waals surface area contributed by atoms with E-state index in [0.717, 1.165) is 48.5 Å². The van der Waals surface area contributed by atoms with E-state index in [1.807, 2.05) is 55.5 Å². The third-order valence-corrected chi connectivity index (χ3v) is 6.49. The lowest BCUT2D eigenvalue weighted by atomic mass is 9.95. The molecule has 2 aromatic carbocycles. The molecule has 35 heavy (non-hydrogen) atoms. The minimum absolute atomic E-state index is 0.0644. The number of nitrogens with one attached hydrogen (secondary N) is 1. The second-order valence-corrected chi connectivity index (χ2v) is 9.02. The highest BCUT2D eigenvalue weighted by atomic mass is 16.5. The summed E-state index contributed by atoms with van der Waals surface area (Å²) >= 11 is 0. The Morgan fingerprint density at radius 1 is 0.914 bits per heavy atom. The predicted molar refractivity (Wildman–Crippen MR) is 136 cm³/mol. The van der Waals surface area contributed by atoms with Gasteiger partial charge in [-0.1, -0.05) is 31.4 Å². The van der Waals surface area contributed by atoms with Crippen LogP contribution in [0.2, 0.25) is 0 Å². The largest absolute Gasteiger partial charge is 0.497 e. The van der Waals surface area contributed by atoms with E-state index in [1.54, 1.807) is 19.1 Å². The first-order valence-electron chi connectivity index (χ1n) is 12.5. The lowest BCUT2D eigenvalue weighted by Crippen LogP contribution is -2.50. The Bertz CT molecular complexity index is 923. The molecule has 1 aliphatic rings. The second-order valence-electron chi connectivity index (χ2n) is 9.02. The number of methoxy groups -OCH3 is 2. The Hall–Kier alpha value is -3.22. The standard InChI is InChI=1S/C28H38N2O5/c1-21(28(32)29-23-8-5-4-6-9-23)30(20-22-11-13-24(33-2)14-12-22)27(31)10-7-19-35-26-17-15-25(34-3)16-18-26/h11-18,21,23H,4-10,19-20H2,1-3H3,(H,29,32). The second kappa shape index (κ2) is 13.6. The van der Waals surface area contributed by atoms with E-state index in [0.29, 0.717) is 26.0 Å². The molecule has 0 spiro atoms. The van der Waals surface area contributed by atoms with Gasteiger partial charge in [0.2, 0.25) is 11.8 Å². The van der Waals surface area contributed by atoms with Crippen molar-refractivity contribution in [3.05, 3.63) is 54.1 Å². The lowest BCUT2D eigenvalue weighted by molar-refractivity contribution is -0.141. The summed E-state index contributed by atoms with van der Waals surface area (Å²) in [4.78, 5) is 28.0. The van der Waals surface area contributed by atoms with Gasteiger partial charge in [0.15, 0.2) is 0 Å². The number of ether oxygens (including phenoxy) is 3. The topological polar surface area (TPSA) is 77.1 Å². The highest BCUT2D eigenvalue weighted by molar-refractivity contribution is 5.87. The van der Waals surface area contributed by atoms with E-state index < -0.39 is 6.04 Å². The fourth-order valence-corrected chi connectivity index (χ4v) is 4.31. The first kappa shape index (κ1) is 26.4. The molecule has 0 heterocycles. The number of amides is 2. The zero-order valence-electron chi connectivity index (χ0n) is 21.1. The van der Waals surface area contributed by atoms with E-state index in [2.05, 4.69) is 5.32 Å². The number of hydrogen-bond donors (Lipinski definition) is 1. The van der Waals surface area contributed by atoms with Gasteiger partial charge in [-0.3, -0.25) is 9.59 Å². The molecule has 1 fully saturated rings. The molecular formula is C28H38N2O5. The molecule has 190 valence electrons. The quantitative estimate of drug-likeness (QED) is 0.443. The van der Waals surface area contributed by atoms with Gasteiger partial charge in [0, 0.05) is 19.0 Å². The van der Waals surface area contributed by atoms with Crippen molar-refractivity contribution >= 4 is 11.8 Å². The first-order valence-corrected chi connectivity index (χ1v) is 12.5. The van der Waals surface area contributed by atoms with Gasteiger partial charge in [-0.25, -0.2) is 0 Å². The molecule has 0 radical (unpaired) electrons. The predicted octanol–water partition coefficient (Wildman–Crippen LogP) is 4.73. The first-order chi connectivity index (χ1) is 17.0. The third-order valence-electron chi connectivity index (χ3n) is 6.49. The maximum atomic E-state index is 13.3. The molecule has 1 unspecified atom stereocenters. The average Bonchev–Trinajstić information content (AvgIpc) is 2.90. The molecule has 0 bridgehead atoms. The van der Waals surface area contributed by atoms with Gasteiger partial charge in [0.05, 0.1) is 20.8 Å². The van der Waals surface area contributed by atoms with Crippen molar-refractivity contribution in [2.75, 3.05) is 20.8 Å². The number of carbonyl (C=O) groups excluding carboxylic acids is 2. The van der Waals surface area contributed by atoms with Crippen molar-refractivity contribution in [1.82, 2.24) is 10.2 Å². The Morgan fingerprint density at radius 3 is 2.09 bits per heavy atom. The maximum Gasteiger partial charge on any atom is 0.242 e. The summed E-state index contributed by atoms with van der Waals surface area (Å²) in [5, 5.41) is 3.17. The van der Waals surface area contributed by atoms with E-state index in [4.69, 9.17) is 14.2 Å². The van der Waals surface area contributed by atoms with E-state index in [1.165, 1.54) is 6.42 Å². The van der Waals surface area contributed by atoms with Crippen LogP contribution in [0.1, 0.15) is 57.4 Å². The van der Waals surface area contributed by atoms with Crippen LogP contribution < -0.4 is 19.5 Å². The van der Waals surface area contributed by atoms with Gasteiger partial charge < -0.3 is 24.4 Å². The molecule has 1 saturated carbocycles. The molecule has 1 aliphatic carbocycles. The number of rotatable bonds is 12. The zero-order valence-corrected chi connectivity index (χ0v) is 21.1. The molecule has 2 aromatic rings. The molecule has 0 saturated heterocycles. The minimum atomic E-state index is -0.561. The Labute approximate surface area is 208 Å². The summed E-state index contributed by atoms with van der Waals surface area (Å²) in [7, 11) is 3.24. The van der Waals surface area contributed by atoms with Crippen LogP contribution in [-0.2, 0) is 16.1 Å². The van der Waals surface area contributed by atoms with Gasteiger partial charge in [0.1, 0.15) is 23.3 Å². The lowest BCUT2D eigenvalue weighted by Gasteiger charge is -2.31. The molecular weight excluding hydrogens is 444 g/mol. The van der Waals surface area contributed by atoms with Crippen LogP contribution in [-0.4, -0.2) is 49.6 Å². The van der Waals surface area contributed by atoms with Crippen molar-refractivity contribution in [3.8, 4) is 17.2 Å². The van der Waals surface area contributed by atoms with E-state index in [-0.39, 0.29) is 17.9 Å². The summed E-state index contributed by atoms with van der Waals surface area (Å²) in [6.07, 6.45) is 6.38. The van der Waals surface area contributed by atoms with Crippen molar-refractivity contribution in [3.63, 3.8) is 0 Å². The highest BCUT2D eigenvalue weighted by Crippen LogP contribution is 2.20. The molecule has 2 amide bonds. The van der Waals surface area contributed by atoms with Crippen molar-refractivity contribution in [2.24, 2.45) is 0 Å². The van der Waals surface area contributed by atoms with Crippen LogP contribution in [0.3, 0.4) is 0 Å². The summed E-state index contributed by atoms with van der Waals surface area (Å²) in [5.74, 6) is 2.10. The zero-order chi connectivity index (χ0) is 25.0. The van der Waals surface area contributed by atoms with Gasteiger partial charge in [-0.05, 0) is 68.1 Å². The van der Waals surface area contributed by atoms with Gasteiger partial charge in [-0.15, -0.1) is 0 Å². The van der Waals surface area contributed by atoms with Crippen LogP contribution in [0.4, 0.5) is 0 Å². The maximum absolute atomic E-state index is 13.3. The summed E-state index contributed by atoms with van der Waals surface area (Å²) in [5.41, 5.74) is 0.950. The third kappa shape index (κ3) is 8.19. The molecule has 7 heteroatoms. The number of benzene rings is 2. The van der Waals surface area contributed by atoms with Crippen molar-refractivity contribution in [2.45, 2.75) is 70.5 Å². The van der Waals surface area contributed by atoms with E-state index >= 15 is 0 Å². The summed E-state index contributed by atoms with van der Waals surface area (Å²) in [6.45, 7) is 2.59. The average molecular weight is 483 g/mol. The van der Waals surface area contributed by atoms with E-state index in [9.17, 15) is 9.59 Å². The van der Waals surface area contributed by atoms with Crippen LogP contribution in [0.15, 0.2) is 48.5 Å². The number of nitrogens with zero attached hydrogens (tertiary/aromatic N) is 1. The molecule has 3 rings (SSSR count). The Balaban J connectivity index is 1.59. The minimum Gasteiger partial charge on any atom is -0.497 e. The number of hydrogen-bond acceptors (Lipinski definition) is 5. The number of carbonyl (C=O) groups is 2. The van der Waals surface area contributed by atoms with Crippen molar-refractivity contribution in [1.29, 1.82) is 0 Å². The summed E-state index contributed by atoms with van der Waals surface area (Å²) in [6, 6.07) is 14.6. The SMILES string of the molecule is COc1ccc(CN(C(=O)CCCOc2ccc(OC)cc2)C(C)C(=O)NC2CCCCC2)cc1. The van der Waals surface area contributed by atoms with Gasteiger partial charge >= 0.3 is 0 Å². The highest BCUT2D eigenvalue weighted by Gasteiger charge is 2.27. The smallest absolute Gasteiger partial charge is 0.242 e. The Kier molecular flexibility index (Phi) is 10.3. The van der Waals surface area contributed by atoms with Crippen LogP contribution in [0.5, 0.6) is 17.2 Å². The molecule has 1 N–H and O–H groups in total. The molecule has 1 atom stereocenters. The van der Waals surface area contributed by atoms with Crippen LogP contribution in [0.25, 0.3) is 0 Å². The normalized spacial score (nSPS) is 14.6. The fourth-order valence-electron chi connectivity index (χ4n) is 4.31. The molecule has 7 nitrogen and oxygen atoms in total. The van der Waals surface area contributed by atoms with Crippen LogP contribution in [0, 0.1) is 0 Å². The van der Waals surface area contributed by atoms with Crippen LogP contribution >= 0.6 is 0 Å². The fraction of sp³-hybridized carbons (Fsp3) is 0.500. The Morgan fingerprint density at radius 2 is 1.49 bits per heavy atom. The molecule has 0 aliphatic heterocycles. The van der Waals surface area contributed by atoms with Crippen molar-refractivity contribution < 1.29 is 23.8 Å². The molecule has 0 aromatic heterocycles. The van der Waals surface area contributed by atoms with Gasteiger partial charge in [-0.2, -0.15) is 0 Å². The van der Waals surface area contributed by atoms with Gasteiger partial charge in [0.25, 0.3) is 0 Å². The monoisotopic (exact) mass is 482 g/mol. The summed E-state index contributed by atoms with van der Waals surface area (Å²) < 4.78 is 16.2.